The fraction of sp³-hybridized carbons (Fsp3) is 0.286. The first-order valence-corrected chi connectivity index (χ1v) is 9.00. The Morgan fingerprint density at radius 3 is 2.25 bits per heavy atom. The molecule has 1 N–H and O–H groups in total. The number of rotatable bonds is 5. The van der Waals surface area contributed by atoms with Crippen molar-refractivity contribution in [3.05, 3.63) is 53.6 Å². The lowest BCUT2D eigenvalue weighted by Crippen LogP contribution is -2.56. The highest BCUT2D eigenvalue weighted by molar-refractivity contribution is 6.41. The number of carbonyl (C=O) groups is 3. The topological polar surface area (TPSA) is 79.0 Å². The summed E-state index contributed by atoms with van der Waals surface area (Å²) in [5.41, 5.74) is 3.35. The molecule has 0 spiro atoms. The van der Waals surface area contributed by atoms with Gasteiger partial charge >= 0.3 is 11.8 Å². The van der Waals surface area contributed by atoms with Gasteiger partial charge in [-0.3, -0.25) is 14.4 Å². The molecule has 0 aliphatic carbocycles. The number of anilines is 2. The highest BCUT2D eigenvalue weighted by atomic mass is 16.5. The van der Waals surface area contributed by atoms with Crippen LogP contribution in [0.2, 0.25) is 0 Å². The third-order valence-electron chi connectivity index (χ3n) is 4.54. The van der Waals surface area contributed by atoms with Crippen LogP contribution in [0.3, 0.4) is 0 Å². The third-order valence-corrected chi connectivity index (χ3v) is 4.54. The van der Waals surface area contributed by atoms with Gasteiger partial charge in [0, 0.05) is 24.5 Å². The van der Waals surface area contributed by atoms with Crippen LogP contribution in [-0.4, -0.2) is 49.4 Å². The maximum absolute atomic E-state index is 12.6. The van der Waals surface area contributed by atoms with E-state index >= 15 is 0 Å². The third kappa shape index (κ3) is 4.31. The van der Waals surface area contributed by atoms with Gasteiger partial charge in [0.1, 0.15) is 12.3 Å². The predicted octanol–water partition coefficient (Wildman–Crippen LogP) is 2.13. The number of aryl methyl sites for hydroxylation is 2. The van der Waals surface area contributed by atoms with Crippen molar-refractivity contribution in [2.24, 2.45) is 0 Å². The molecule has 2 aromatic carbocycles. The Bertz CT molecular complexity index is 888. The molecule has 0 radical (unpaired) electrons. The van der Waals surface area contributed by atoms with E-state index in [0.717, 1.165) is 11.1 Å². The van der Waals surface area contributed by atoms with Gasteiger partial charge < -0.3 is 19.9 Å². The lowest BCUT2D eigenvalue weighted by atomic mass is 10.1. The molecule has 3 amide bonds. The van der Waals surface area contributed by atoms with Crippen molar-refractivity contribution in [1.82, 2.24) is 4.90 Å². The molecular weight excluding hydrogens is 358 g/mol. The molecule has 28 heavy (non-hydrogen) atoms. The Kier molecular flexibility index (Phi) is 5.63. The zero-order valence-corrected chi connectivity index (χ0v) is 16.2. The molecule has 7 heteroatoms. The summed E-state index contributed by atoms with van der Waals surface area (Å²) < 4.78 is 5.08. The van der Waals surface area contributed by atoms with Crippen molar-refractivity contribution in [3.63, 3.8) is 0 Å². The molecule has 1 aliphatic heterocycles. The Morgan fingerprint density at radius 2 is 1.64 bits per heavy atom. The minimum Gasteiger partial charge on any atom is -0.497 e. The van der Waals surface area contributed by atoms with Crippen molar-refractivity contribution < 1.29 is 19.1 Å². The first-order chi connectivity index (χ1) is 13.4. The van der Waals surface area contributed by atoms with E-state index in [-0.39, 0.29) is 12.5 Å². The van der Waals surface area contributed by atoms with Crippen LogP contribution in [0.25, 0.3) is 0 Å². The SMILES string of the molecule is COc1ccc(NC(=O)CN2CCN(c3cc(C)cc(C)c3)C(=O)C2=O)cc1. The number of amides is 3. The maximum Gasteiger partial charge on any atom is 0.316 e. The van der Waals surface area contributed by atoms with E-state index in [1.165, 1.54) is 9.80 Å². The summed E-state index contributed by atoms with van der Waals surface area (Å²) in [7, 11) is 1.56. The molecule has 2 aromatic rings. The summed E-state index contributed by atoms with van der Waals surface area (Å²) in [6.45, 7) is 4.37. The molecule has 0 bridgehead atoms. The van der Waals surface area contributed by atoms with Crippen LogP contribution in [0.1, 0.15) is 11.1 Å². The first kappa shape index (κ1) is 19.4. The van der Waals surface area contributed by atoms with E-state index in [4.69, 9.17) is 4.74 Å². The maximum atomic E-state index is 12.6. The van der Waals surface area contributed by atoms with Gasteiger partial charge in [-0.05, 0) is 61.4 Å². The fourth-order valence-electron chi connectivity index (χ4n) is 3.23. The number of benzene rings is 2. The average molecular weight is 381 g/mol. The molecule has 0 unspecified atom stereocenters. The van der Waals surface area contributed by atoms with Crippen LogP contribution in [0.5, 0.6) is 5.75 Å². The highest BCUT2D eigenvalue weighted by Crippen LogP contribution is 2.21. The fourth-order valence-corrected chi connectivity index (χ4v) is 3.23. The molecule has 7 nitrogen and oxygen atoms in total. The summed E-state index contributed by atoms with van der Waals surface area (Å²) in [4.78, 5) is 40.1. The number of carbonyl (C=O) groups excluding carboxylic acids is 3. The molecule has 0 saturated carbocycles. The molecule has 1 heterocycles. The largest absolute Gasteiger partial charge is 0.497 e. The van der Waals surface area contributed by atoms with Crippen LogP contribution in [0.4, 0.5) is 11.4 Å². The normalized spacial score (nSPS) is 14.2. The van der Waals surface area contributed by atoms with Crippen molar-refractivity contribution in [1.29, 1.82) is 0 Å². The van der Waals surface area contributed by atoms with Crippen LogP contribution in [-0.2, 0) is 14.4 Å². The predicted molar refractivity (Wildman–Crippen MR) is 106 cm³/mol. The molecule has 3 rings (SSSR count). The molecule has 0 atom stereocenters. The Hall–Kier alpha value is -3.35. The second-order valence-electron chi connectivity index (χ2n) is 6.81. The van der Waals surface area contributed by atoms with E-state index in [0.29, 0.717) is 30.2 Å². The smallest absolute Gasteiger partial charge is 0.316 e. The molecule has 0 aromatic heterocycles. The van der Waals surface area contributed by atoms with Gasteiger partial charge in [0.05, 0.1) is 7.11 Å². The zero-order valence-electron chi connectivity index (χ0n) is 16.2. The number of nitrogens with zero attached hydrogens (tertiary/aromatic N) is 2. The van der Waals surface area contributed by atoms with Crippen LogP contribution < -0.4 is 15.0 Å². The van der Waals surface area contributed by atoms with Crippen molar-refractivity contribution >= 4 is 29.1 Å². The number of methoxy groups -OCH3 is 1. The number of hydrogen-bond acceptors (Lipinski definition) is 4. The van der Waals surface area contributed by atoms with Gasteiger partial charge in [0.25, 0.3) is 0 Å². The molecule has 146 valence electrons. The van der Waals surface area contributed by atoms with Crippen molar-refractivity contribution in [2.75, 3.05) is 37.0 Å². The van der Waals surface area contributed by atoms with E-state index in [1.54, 1.807) is 31.4 Å². The second-order valence-corrected chi connectivity index (χ2v) is 6.81. The number of nitrogens with one attached hydrogen (secondary N) is 1. The Balaban J connectivity index is 1.63. The summed E-state index contributed by atoms with van der Waals surface area (Å²) in [6.07, 6.45) is 0. The Morgan fingerprint density at radius 1 is 1.00 bits per heavy atom. The standard InChI is InChI=1S/C21H23N3O4/c1-14-10-15(2)12-17(11-14)24-9-8-23(20(26)21(24)27)13-19(25)22-16-4-6-18(28-3)7-5-16/h4-7,10-12H,8-9,13H2,1-3H3,(H,22,25). The molecular formula is C21H23N3O4. The van der Waals surface area contributed by atoms with E-state index in [2.05, 4.69) is 5.32 Å². The summed E-state index contributed by atoms with van der Waals surface area (Å²) in [5, 5.41) is 2.72. The average Bonchev–Trinajstić information content (AvgIpc) is 2.65. The van der Waals surface area contributed by atoms with E-state index in [9.17, 15) is 14.4 Å². The number of ether oxygens (including phenoxy) is 1. The number of hydrogen-bond donors (Lipinski definition) is 1. The Labute approximate surface area is 163 Å². The molecule has 1 aliphatic rings. The van der Waals surface area contributed by atoms with E-state index < -0.39 is 11.8 Å². The van der Waals surface area contributed by atoms with Crippen molar-refractivity contribution in [3.8, 4) is 5.75 Å². The van der Waals surface area contributed by atoms with Crippen LogP contribution >= 0.6 is 0 Å². The summed E-state index contributed by atoms with van der Waals surface area (Å²) in [6, 6.07) is 12.6. The lowest BCUT2D eigenvalue weighted by Gasteiger charge is -2.33. The van der Waals surface area contributed by atoms with Gasteiger partial charge in [-0.2, -0.15) is 0 Å². The lowest BCUT2D eigenvalue weighted by molar-refractivity contribution is -0.147. The molecule has 1 saturated heterocycles. The highest BCUT2D eigenvalue weighted by Gasteiger charge is 2.34. The van der Waals surface area contributed by atoms with Gasteiger partial charge in [0.15, 0.2) is 0 Å². The van der Waals surface area contributed by atoms with E-state index in [1.807, 2.05) is 32.0 Å². The summed E-state index contributed by atoms with van der Waals surface area (Å²) in [5.74, 6) is -0.962. The number of piperazine rings is 1. The van der Waals surface area contributed by atoms with Gasteiger partial charge in [0.2, 0.25) is 5.91 Å². The van der Waals surface area contributed by atoms with Crippen molar-refractivity contribution in [2.45, 2.75) is 13.8 Å². The van der Waals surface area contributed by atoms with Crippen LogP contribution in [0, 0.1) is 13.8 Å². The monoisotopic (exact) mass is 381 g/mol. The van der Waals surface area contributed by atoms with Crippen LogP contribution in [0.15, 0.2) is 42.5 Å². The van der Waals surface area contributed by atoms with Gasteiger partial charge in [-0.25, -0.2) is 0 Å². The zero-order chi connectivity index (χ0) is 20.3. The molecule has 1 fully saturated rings. The summed E-state index contributed by atoms with van der Waals surface area (Å²) >= 11 is 0. The quantitative estimate of drug-likeness (QED) is 0.805. The minimum absolute atomic E-state index is 0.169. The minimum atomic E-state index is -0.671. The van der Waals surface area contributed by atoms with Gasteiger partial charge in [-0.15, -0.1) is 0 Å². The second kappa shape index (κ2) is 8.12. The van der Waals surface area contributed by atoms with Gasteiger partial charge in [-0.1, -0.05) is 6.07 Å². The first-order valence-electron chi connectivity index (χ1n) is 9.00.